The van der Waals surface area contributed by atoms with E-state index in [4.69, 9.17) is 4.74 Å². The molecule has 4 nitrogen and oxygen atoms in total. The Morgan fingerprint density at radius 3 is 2.48 bits per heavy atom. The number of hydrogen-bond donors (Lipinski definition) is 1. The van der Waals surface area contributed by atoms with Gasteiger partial charge in [-0.2, -0.15) is 0 Å². The molecule has 3 rings (SSSR count). The molecule has 0 unspecified atom stereocenters. The molecule has 0 radical (unpaired) electrons. The first kappa shape index (κ1) is 18.0. The van der Waals surface area contributed by atoms with Gasteiger partial charge in [0.25, 0.3) is 0 Å². The highest BCUT2D eigenvalue weighted by Gasteiger charge is 2.34. The monoisotopic (exact) mass is 342 g/mol. The first-order chi connectivity index (χ1) is 10.6. The largest absolute Gasteiger partial charge is 0.490 e. The van der Waals surface area contributed by atoms with Gasteiger partial charge in [0.1, 0.15) is 18.0 Å². The fourth-order valence-corrected chi connectivity index (χ4v) is 3.10. The summed E-state index contributed by atoms with van der Waals surface area (Å²) < 4.78 is 19.1. The predicted octanol–water partition coefficient (Wildman–Crippen LogP) is 2.49. The van der Waals surface area contributed by atoms with Crippen LogP contribution >= 0.6 is 12.4 Å². The summed E-state index contributed by atoms with van der Waals surface area (Å²) in [7, 11) is 0. The van der Waals surface area contributed by atoms with Crippen LogP contribution in [0.2, 0.25) is 0 Å². The molecule has 2 saturated heterocycles. The Morgan fingerprint density at radius 2 is 1.91 bits per heavy atom. The Hall–Kier alpha value is -1.33. The average molecular weight is 343 g/mol. The number of aryl methyl sites for hydroxylation is 1. The van der Waals surface area contributed by atoms with Gasteiger partial charge < -0.3 is 15.0 Å². The SMILES string of the molecule is Cc1ccc(OC2CCN(C(=O)[C@H]3C[C@H](F)CN3)CC2)cc1.Cl. The molecule has 1 amide bonds. The molecule has 0 aromatic heterocycles. The number of nitrogens with zero attached hydrogens (tertiary/aromatic N) is 1. The Morgan fingerprint density at radius 1 is 1.26 bits per heavy atom. The summed E-state index contributed by atoms with van der Waals surface area (Å²) in [6.45, 7) is 3.71. The van der Waals surface area contributed by atoms with E-state index in [2.05, 4.69) is 5.32 Å². The van der Waals surface area contributed by atoms with Crippen molar-refractivity contribution in [1.29, 1.82) is 0 Å². The van der Waals surface area contributed by atoms with Crippen molar-refractivity contribution in [3.05, 3.63) is 29.8 Å². The number of carbonyl (C=O) groups is 1. The van der Waals surface area contributed by atoms with E-state index in [9.17, 15) is 9.18 Å². The molecule has 1 aromatic rings. The molecule has 23 heavy (non-hydrogen) atoms. The molecule has 1 N–H and O–H groups in total. The van der Waals surface area contributed by atoms with E-state index in [-0.39, 0.29) is 30.5 Å². The maximum Gasteiger partial charge on any atom is 0.239 e. The van der Waals surface area contributed by atoms with Crippen LogP contribution in [-0.2, 0) is 4.79 Å². The number of hydrogen-bond acceptors (Lipinski definition) is 3. The predicted molar refractivity (Wildman–Crippen MR) is 90.0 cm³/mol. The summed E-state index contributed by atoms with van der Waals surface area (Å²) >= 11 is 0. The van der Waals surface area contributed by atoms with Crippen molar-refractivity contribution in [3.63, 3.8) is 0 Å². The average Bonchev–Trinajstić information content (AvgIpc) is 2.96. The van der Waals surface area contributed by atoms with E-state index >= 15 is 0 Å². The fourth-order valence-electron chi connectivity index (χ4n) is 3.10. The summed E-state index contributed by atoms with van der Waals surface area (Å²) in [6, 6.07) is 7.69. The molecular formula is C17H24ClFN2O2. The van der Waals surface area contributed by atoms with Gasteiger partial charge in [-0.15, -0.1) is 12.4 Å². The lowest BCUT2D eigenvalue weighted by molar-refractivity contribution is -0.134. The van der Waals surface area contributed by atoms with E-state index in [1.54, 1.807) is 0 Å². The van der Waals surface area contributed by atoms with Crippen LogP contribution in [0, 0.1) is 6.92 Å². The Balaban J connectivity index is 0.00000192. The zero-order chi connectivity index (χ0) is 15.5. The summed E-state index contributed by atoms with van der Waals surface area (Å²) in [4.78, 5) is 14.1. The van der Waals surface area contributed by atoms with Gasteiger partial charge in [-0.05, 0) is 19.1 Å². The molecule has 128 valence electrons. The second-order valence-corrected chi connectivity index (χ2v) is 6.25. The zero-order valence-corrected chi connectivity index (χ0v) is 14.2. The number of carbonyl (C=O) groups excluding carboxylic acids is 1. The highest BCUT2D eigenvalue weighted by Crippen LogP contribution is 2.21. The molecule has 6 heteroatoms. The second-order valence-electron chi connectivity index (χ2n) is 6.25. The minimum atomic E-state index is -0.892. The third-order valence-electron chi connectivity index (χ3n) is 4.45. The lowest BCUT2D eigenvalue weighted by atomic mass is 10.1. The number of benzene rings is 1. The third kappa shape index (κ3) is 4.58. The topological polar surface area (TPSA) is 41.6 Å². The standard InChI is InChI=1S/C17H23FN2O2.ClH/c1-12-2-4-14(5-3-12)22-15-6-8-20(9-7-15)17(21)16-10-13(18)11-19-16;/h2-5,13,15-16,19H,6-11H2,1H3;1H/t13-,16+;/m0./s1. The molecule has 2 aliphatic heterocycles. The molecule has 2 heterocycles. The Bertz CT molecular complexity index is 518. The van der Waals surface area contributed by atoms with Crippen molar-refractivity contribution in [1.82, 2.24) is 10.2 Å². The van der Waals surface area contributed by atoms with Crippen LogP contribution in [0.3, 0.4) is 0 Å². The summed E-state index contributed by atoms with van der Waals surface area (Å²) in [5.41, 5.74) is 1.21. The van der Waals surface area contributed by atoms with Crippen molar-refractivity contribution >= 4 is 18.3 Å². The minimum Gasteiger partial charge on any atom is -0.490 e. The Labute approximate surface area is 142 Å². The van der Waals surface area contributed by atoms with Crippen LogP contribution < -0.4 is 10.1 Å². The van der Waals surface area contributed by atoms with E-state index in [0.29, 0.717) is 26.1 Å². The van der Waals surface area contributed by atoms with Crippen molar-refractivity contribution in [2.75, 3.05) is 19.6 Å². The van der Waals surface area contributed by atoms with Gasteiger partial charge in [0, 0.05) is 38.9 Å². The van der Waals surface area contributed by atoms with Gasteiger partial charge in [0.2, 0.25) is 5.91 Å². The molecule has 2 aliphatic rings. The maximum atomic E-state index is 13.2. The summed E-state index contributed by atoms with van der Waals surface area (Å²) in [6.07, 6.45) is 1.21. The highest BCUT2D eigenvalue weighted by atomic mass is 35.5. The van der Waals surface area contributed by atoms with Crippen LogP contribution in [0.5, 0.6) is 5.75 Å². The second kappa shape index (κ2) is 7.97. The molecule has 0 saturated carbocycles. The molecule has 0 bridgehead atoms. The number of alkyl halides is 1. The van der Waals surface area contributed by atoms with E-state index in [1.807, 2.05) is 36.1 Å². The molecule has 1 aromatic carbocycles. The van der Waals surface area contributed by atoms with Crippen molar-refractivity contribution < 1.29 is 13.9 Å². The molecule has 2 atom stereocenters. The van der Waals surface area contributed by atoms with Crippen LogP contribution in [0.4, 0.5) is 4.39 Å². The van der Waals surface area contributed by atoms with E-state index < -0.39 is 6.17 Å². The van der Waals surface area contributed by atoms with Crippen LogP contribution in [-0.4, -0.2) is 48.8 Å². The highest BCUT2D eigenvalue weighted by molar-refractivity contribution is 5.85. The number of ether oxygens (including phenoxy) is 1. The van der Waals surface area contributed by atoms with E-state index in [1.165, 1.54) is 5.56 Å². The third-order valence-corrected chi connectivity index (χ3v) is 4.45. The molecular weight excluding hydrogens is 319 g/mol. The quantitative estimate of drug-likeness (QED) is 0.917. The number of likely N-dealkylation sites (tertiary alicyclic amines) is 1. The Kier molecular flexibility index (Phi) is 6.25. The smallest absolute Gasteiger partial charge is 0.239 e. The number of halogens is 2. The van der Waals surface area contributed by atoms with Crippen molar-refractivity contribution in [3.8, 4) is 5.75 Å². The van der Waals surface area contributed by atoms with Gasteiger partial charge in [-0.3, -0.25) is 4.79 Å². The number of amides is 1. The normalized spacial score (nSPS) is 25.0. The number of nitrogens with one attached hydrogen (secondary N) is 1. The zero-order valence-electron chi connectivity index (χ0n) is 13.3. The van der Waals surface area contributed by atoms with E-state index in [0.717, 1.165) is 18.6 Å². The van der Waals surface area contributed by atoms with Crippen LogP contribution in [0.1, 0.15) is 24.8 Å². The lowest BCUT2D eigenvalue weighted by Gasteiger charge is -2.33. The van der Waals surface area contributed by atoms with Crippen LogP contribution in [0.25, 0.3) is 0 Å². The van der Waals surface area contributed by atoms with Crippen molar-refractivity contribution in [2.24, 2.45) is 0 Å². The van der Waals surface area contributed by atoms with Gasteiger partial charge in [-0.1, -0.05) is 17.7 Å². The summed E-state index contributed by atoms with van der Waals surface area (Å²) in [5, 5.41) is 2.96. The number of rotatable bonds is 3. The minimum absolute atomic E-state index is 0. The number of piperidine rings is 1. The van der Waals surface area contributed by atoms with Crippen molar-refractivity contribution in [2.45, 2.75) is 44.5 Å². The maximum absolute atomic E-state index is 13.2. The molecule has 0 aliphatic carbocycles. The van der Waals surface area contributed by atoms with Gasteiger partial charge in [0.05, 0.1) is 6.04 Å². The van der Waals surface area contributed by atoms with Crippen LogP contribution in [0.15, 0.2) is 24.3 Å². The van der Waals surface area contributed by atoms with Gasteiger partial charge >= 0.3 is 0 Å². The van der Waals surface area contributed by atoms with Gasteiger partial charge in [0.15, 0.2) is 0 Å². The fraction of sp³-hybridized carbons (Fsp3) is 0.588. The van der Waals surface area contributed by atoms with Gasteiger partial charge in [-0.25, -0.2) is 4.39 Å². The summed E-state index contributed by atoms with van der Waals surface area (Å²) in [5.74, 6) is 0.919. The first-order valence-electron chi connectivity index (χ1n) is 8.01. The molecule has 0 spiro atoms. The lowest BCUT2D eigenvalue weighted by Crippen LogP contribution is -2.48. The molecule has 2 fully saturated rings. The first-order valence-corrected chi connectivity index (χ1v) is 8.01.